The fourth-order valence-electron chi connectivity index (χ4n) is 1.99. The molecule has 0 aromatic carbocycles. The van der Waals surface area contributed by atoms with Crippen LogP contribution in [0.3, 0.4) is 0 Å². The van der Waals surface area contributed by atoms with E-state index in [2.05, 4.69) is 39.8 Å². The quantitative estimate of drug-likeness (QED) is 0.449. The second-order valence-electron chi connectivity index (χ2n) is 4.86. The van der Waals surface area contributed by atoms with E-state index in [1.165, 1.54) is 19.3 Å². The number of hydrogen-bond acceptors (Lipinski definition) is 0. The van der Waals surface area contributed by atoms with Gasteiger partial charge < -0.3 is 5.92 Å². The molecule has 0 bridgehead atoms. The van der Waals surface area contributed by atoms with Gasteiger partial charge in [0.05, 0.1) is 0 Å². The SMILES string of the molecule is C[C-](C)C(C)CC1C=CCCC1C. The molecule has 0 amide bonds. The zero-order valence-corrected chi connectivity index (χ0v) is 9.51. The summed E-state index contributed by atoms with van der Waals surface area (Å²) in [5.41, 5.74) is 0. The lowest BCUT2D eigenvalue weighted by Crippen LogP contribution is -2.17. The van der Waals surface area contributed by atoms with Crippen LogP contribution < -0.4 is 0 Å². The van der Waals surface area contributed by atoms with Crippen molar-refractivity contribution in [3.63, 3.8) is 0 Å². The van der Waals surface area contributed by atoms with E-state index in [9.17, 15) is 0 Å². The van der Waals surface area contributed by atoms with E-state index >= 15 is 0 Å². The van der Waals surface area contributed by atoms with Crippen molar-refractivity contribution in [2.24, 2.45) is 17.8 Å². The molecule has 76 valence electrons. The lowest BCUT2D eigenvalue weighted by Gasteiger charge is -2.34. The first-order chi connectivity index (χ1) is 6.11. The van der Waals surface area contributed by atoms with Gasteiger partial charge in [-0.15, -0.1) is 0 Å². The minimum Gasteiger partial charge on any atom is -0.317 e. The van der Waals surface area contributed by atoms with Crippen molar-refractivity contribution < 1.29 is 0 Å². The molecule has 0 radical (unpaired) electrons. The molecule has 0 heterocycles. The van der Waals surface area contributed by atoms with Crippen molar-refractivity contribution in [1.82, 2.24) is 0 Å². The van der Waals surface area contributed by atoms with Crippen LogP contribution >= 0.6 is 0 Å². The first-order valence-corrected chi connectivity index (χ1v) is 5.58. The average molecular weight is 179 g/mol. The molecule has 0 aromatic rings. The van der Waals surface area contributed by atoms with Crippen molar-refractivity contribution in [3.05, 3.63) is 18.1 Å². The summed E-state index contributed by atoms with van der Waals surface area (Å²) in [7, 11) is 0. The Bertz CT molecular complexity index is 167. The minimum absolute atomic E-state index is 0.787. The van der Waals surface area contributed by atoms with E-state index in [-0.39, 0.29) is 0 Å². The molecular formula is C13H23-. The van der Waals surface area contributed by atoms with Crippen molar-refractivity contribution in [2.45, 2.75) is 47.0 Å². The molecule has 0 saturated carbocycles. The van der Waals surface area contributed by atoms with Gasteiger partial charge in [-0.1, -0.05) is 32.4 Å². The smallest absolute Gasteiger partial charge is 0.0229 e. The van der Waals surface area contributed by atoms with Crippen molar-refractivity contribution in [2.75, 3.05) is 0 Å². The van der Waals surface area contributed by atoms with E-state index in [1.807, 2.05) is 0 Å². The summed E-state index contributed by atoms with van der Waals surface area (Å²) in [5.74, 6) is 4.09. The molecule has 0 N–H and O–H groups in total. The minimum atomic E-state index is 0.787. The molecule has 0 fully saturated rings. The highest BCUT2D eigenvalue weighted by Crippen LogP contribution is 2.31. The van der Waals surface area contributed by atoms with Crippen molar-refractivity contribution >= 4 is 0 Å². The van der Waals surface area contributed by atoms with Crippen molar-refractivity contribution in [1.29, 1.82) is 0 Å². The second-order valence-corrected chi connectivity index (χ2v) is 4.86. The zero-order chi connectivity index (χ0) is 9.84. The Kier molecular flexibility index (Phi) is 4.02. The maximum absolute atomic E-state index is 2.44. The number of rotatable bonds is 3. The van der Waals surface area contributed by atoms with Crippen LogP contribution in [0, 0.1) is 23.7 Å². The van der Waals surface area contributed by atoms with Gasteiger partial charge in [0, 0.05) is 0 Å². The Labute approximate surface area is 83.4 Å². The number of allylic oxidation sites excluding steroid dienone is 2. The zero-order valence-electron chi connectivity index (χ0n) is 9.51. The highest BCUT2D eigenvalue weighted by Gasteiger charge is 2.17. The molecule has 1 aliphatic rings. The Hall–Kier alpha value is -0.260. The van der Waals surface area contributed by atoms with Gasteiger partial charge in [-0.25, -0.2) is 0 Å². The van der Waals surface area contributed by atoms with E-state index in [0.717, 1.165) is 17.8 Å². The molecule has 0 heteroatoms. The molecule has 0 aromatic heterocycles. The van der Waals surface area contributed by atoms with Gasteiger partial charge in [-0.05, 0) is 24.7 Å². The van der Waals surface area contributed by atoms with Gasteiger partial charge >= 0.3 is 0 Å². The monoisotopic (exact) mass is 179 g/mol. The number of hydrogen-bond donors (Lipinski definition) is 0. The van der Waals surface area contributed by atoms with Crippen LogP contribution in [-0.2, 0) is 0 Å². The van der Waals surface area contributed by atoms with Crippen molar-refractivity contribution in [3.8, 4) is 0 Å². The predicted molar refractivity (Wildman–Crippen MR) is 59.4 cm³/mol. The molecule has 3 atom stereocenters. The fraction of sp³-hybridized carbons (Fsp3) is 0.769. The molecule has 1 rings (SSSR count). The van der Waals surface area contributed by atoms with Gasteiger partial charge in [0.1, 0.15) is 0 Å². The summed E-state index contributed by atoms with van der Waals surface area (Å²) in [4.78, 5) is 0. The van der Waals surface area contributed by atoms with Crippen LogP contribution in [0.15, 0.2) is 12.2 Å². The largest absolute Gasteiger partial charge is 0.317 e. The third-order valence-electron chi connectivity index (χ3n) is 3.51. The summed E-state index contributed by atoms with van der Waals surface area (Å²) in [6, 6.07) is 0. The third-order valence-corrected chi connectivity index (χ3v) is 3.51. The lowest BCUT2D eigenvalue weighted by atomic mass is 9.78. The maximum atomic E-state index is 2.44. The van der Waals surface area contributed by atoms with Crippen LogP contribution in [0.1, 0.15) is 47.0 Å². The summed E-state index contributed by atoms with van der Waals surface area (Å²) < 4.78 is 0. The average Bonchev–Trinajstić information content (AvgIpc) is 2.08. The molecule has 3 unspecified atom stereocenters. The first-order valence-electron chi connectivity index (χ1n) is 5.58. The lowest BCUT2D eigenvalue weighted by molar-refractivity contribution is 0.326. The van der Waals surface area contributed by atoms with E-state index in [1.54, 1.807) is 5.92 Å². The summed E-state index contributed by atoms with van der Waals surface area (Å²) in [6.07, 6.45) is 8.83. The fourth-order valence-corrected chi connectivity index (χ4v) is 1.99. The standard InChI is InChI=1S/C13H23/c1-10(2)12(4)9-13-8-6-5-7-11(13)3/h6,8,11-13H,5,7,9H2,1-4H3/q-1. The Balaban J connectivity index is 2.42. The Morgan fingerprint density at radius 3 is 2.69 bits per heavy atom. The van der Waals surface area contributed by atoms with Crippen LogP contribution in [0.5, 0.6) is 0 Å². The summed E-state index contributed by atoms with van der Waals surface area (Å²) in [5, 5.41) is 0. The summed E-state index contributed by atoms with van der Waals surface area (Å²) in [6.45, 7) is 9.25. The van der Waals surface area contributed by atoms with Gasteiger partial charge in [0.15, 0.2) is 0 Å². The molecule has 13 heavy (non-hydrogen) atoms. The van der Waals surface area contributed by atoms with E-state index < -0.39 is 0 Å². The Morgan fingerprint density at radius 2 is 2.15 bits per heavy atom. The molecule has 0 aliphatic heterocycles. The molecular weight excluding hydrogens is 156 g/mol. The topological polar surface area (TPSA) is 0 Å². The highest BCUT2D eigenvalue weighted by molar-refractivity contribution is 4.98. The van der Waals surface area contributed by atoms with E-state index in [4.69, 9.17) is 0 Å². The van der Waals surface area contributed by atoms with Gasteiger partial charge in [0.25, 0.3) is 0 Å². The maximum Gasteiger partial charge on any atom is -0.0229 e. The van der Waals surface area contributed by atoms with Crippen LogP contribution in [0.25, 0.3) is 0 Å². The third kappa shape index (κ3) is 3.17. The normalized spacial score (nSPS) is 30.8. The summed E-state index contributed by atoms with van der Waals surface area (Å²) >= 11 is 0. The molecule has 0 nitrogen and oxygen atoms in total. The van der Waals surface area contributed by atoms with Gasteiger partial charge in [-0.2, -0.15) is 19.8 Å². The predicted octanol–water partition coefficient (Wildman–Crippen LogP) is 4.23. The van der Waals surface area contributed by atoms with Crippen LogP contribution in [0.2, 0.25) is 0 Å². The first kappa shape index (κ1) is 10.8. The molecule has 0 saturated heterocycles. The highest BCUT2D eigenvalue weighted by atomic mass is 14.3. The Morgan fingerprint density at radius 1 is 1.46 bits per heavy atom. The van der Waals surface area contributed by atoms with Gasteiger partial charge in [-0.3, -0.25) is 0 Å². The molecule has 0 spiro atoms. The molecule has 1 aliphatic carbocycles. The van der Waals surface area contributed by atoms with Crippen LogP contribution in [0.4, 0.5) is 0 Å². The second kappa shape index (κ2) is 4.83. The van der Waals surface area contributed by atoms with Crippen LogP contribution in [-0.4, -0.2) is 0 Å². The van der Waals surface area contributed by atoms with E-state index in [0.29, 0.717) is 0 Å². The van der Waals surface area contributed by atoms with Gasteiger partial charge in [0.2, 0.25) is 0 Å².